The topological polar surface area (TPSA) is 76.7 Å². The Kier molecular flexibility index (Phi) is 5.21. The van der Waals surface area contributed by atoms with Gasteiger partial charge in [0.1, 0.15) is 0 Å². The molecule has 1 aromatic carbocycles. The second-order valence-corrected chi connectivity index (χ2v) is 5.57. The van der Waals surface area contributed by atoms with E-state index in [4.69, 9.17) is 9.47 Å². The summed E-state index contributed by atoms with van der Waals surface area (Å²) in [6, 6.07) is 5.10. The molecule has 0 saturated heterocycles. The van der Waals surface area contributed by atoms with Crippen LogP contribution < -0.4 is 15.4 Å². The normalized spacial score (nSPS) is 10.3. The van der Waals surface area contributed by atoms with Gasteiger partial charge in [0, 0.05) is 22.8 Å². The quantitative estimate of drug-likeness (QED) is 0.829. The van der Waals surface area contributed by atoms with Gasteiger partial charge in [-0.05, 0) is 24.6 Å². The summed E-state index contributed by atoms with van der Waals surface area (Å²) in [5.74, 6) is 0.0855. The molecule has 2 rings (SSSR count). The lowest BCUT2D eigenvalue weighted by Gasteiger charge is -2.07. The van der Waals surface area contributed by atoms with Gasteiger partial charge in [0.2, 0.25) is 0 Å². The van der Waals surface area contributed by atoms with Gasteiger partial charge in [-0.25, -0.2) is 9.59 Å². The average Bonchev–Trinajstić information content (AvgIpc) is 2.89. The van der Waals surface area contributed by atoms with Crippen LogP contribution in [0.4, 0.5) is 10.5 Å². The Morgan fingerprint density at radius 1 is 1.32 bits per heavy atom. The lowest BCUT2D eigenvalue weighted by Crippen LogP contribution is -2.24. The van der Waals surface area contributed by atoms with E-state index in [2.05, 4.69) is 10.6 Å². The number of esters is 1. The molecule has 22 heavy (non-hydrogen) atoms. The molecule has 118 valence electrons. The number of hydrogen-bond donors (Lipinski definition) is 2. The highest BCUT2D eigenvalue weighted by atomic mass is 32.1. The zero-order valence-electron chi connectivity index (χ0n) is 12.7. The zero-order valence-corrected chi connectivity index (χ0v) is 13.5. The largest absolute Gasteiger partial charge is 0.491 e. The summed E-state index contributed by atoms with van der Waals surface area (Å²) < 4.78 is 11.4. The van der Waals surface area contributed by atoms with Crippen LogP contribution in [0.1, 0.15) is 23.0 Å². The van der Waals surface area contributed by atoms with Crippen LogP contribution in [0.3, 0.4) is 0 Å². The van der Waals surface area contributed by atoms with Crippen molar-refractivity contribution in [2.45, 2.75) is 13.3 Å². The van der Waals surface area contributed by atoms with Crippen molar-refractivity contribution in [3.8, 4) is 5.75 Å². The summed E-state index contributed by atoms with van der Waals surface area (Å²) >= 11 is 1.31. The second kappa shape index (κ2) is 7.13. The lowest BCUT2D eigenvalue weighted by molar-refractivity contribution is 0.0602. The Morgan fingerprint density at radius 3 is 2.73 bits per heavy atom. The molecule has 2 amide bonds. The van der Waals surface area contributed by atoms with E-state index in [-0.39, 0.29) is 6.03 Å². The van der Waals surface area contributed by atoms with Gasteiger partial charge in [-0.15, -0.1) is 11.3 Å². The van der Waals surface area contributed by atoms with E-state index in [1.54, 1.807) is 19.2 Å². The van der Waals surface area contributed by atoms with Crippen molar-refractivity contribution in [1.82, 2.24) is 5.32 Å². The molecule has 0 aliphatic heterocycles. The third-order valence-electron chi connectivity index (χ3n) is 2.95. The van der Waals surface area contributed by atoms with E-state index < -0.39 is 5.97 Å². The molecule has 1 heterocycles. The van der Waals surface area contributed by atoms with E-state index in [0.29, 0.717) is 22.9 Å². The van der Waals surface area contributed by atoms with Crippen molar-refractivity contribution < 1.29 is 19.1 Å². The summed E-state index contributed by atoms with van der Waals surface area (Å²) in [6.45, 7) is 2.49. The second-order valence-electron chi connectivity index (χ2n) is 4.52. The van der Waals surface area contributed by atoms with Crippen LogP contribution in [0.15, 0.2) is 18.2 Å². The number of carbonyl (C=O) groups is 2. The summed E-state index contributed by atoms with van der Waals surface area (Å²) in [7, 11) is 2.89. The highest BCUT2D eigenvalue weighted by Gasteiger charge is 2.21. The molecule has 0 radical (unpaired) electrons. The minimum absolute atomic E-state index is 0.307. The monoisotopic (exact) mass is 322 g/mol. The number of anilines is 1. The molecular weight excluding hydrogens is 304 g/mol. The third kappa shape index (κ3) is 3.30. The fourth-order valence-electron chi connectivity index (χ4n) is 1.92. The van der Waals surface area contributed by atoms with Crippen LogP contribution in [0, 0.1) is 0 Å². The zero-order chi connectivity index (χ0) is 16.1. The highest BCUT2D eigenvalue weighted by Crippen LogP contribution is 2.39. The Bertz CT molecular complexity index is 696. The van der Waals surface area contributed by atoms with Crippen molar-refractivity contribution >= 4 is 39.1 Å². The summed E-state index contributed by atoms with van der Waals surface area (Å²) in [5, 5.41) is 5.98. The smallest absolute Gasteiger partial charge is 0.351 e. The Morgan fingerprint density at radius 2 is 2.09 bits per heavy atom. The predicted octanol–water partition coefficient (Wildman–Crippen LogP) is 3.23. The predicted molar refractivity (Wildman–Crippen MR) is 87.0 cm³/mol. The molecule has 0 aliphatic rings. The molecule has 0 spiro atoms. The lowest BCUT2D eigenvalue weighted by atomic mass is 10.2. The molecule has 0 saturated carbocycles. The molecule has 0 bridgehead atoms. The number of thiophene rings is 1. The minimum Gasteiger partial charge on any atom is -0.491 e. The first-order valence-corrected chi connectivity index (χ1v) is 7.68. The van der Waals surface area contributed by atoms with Crippen LogP contribution in [0.25, 0.3) is 10.1 Å². The standard InChI is InChI=1S/C15H18N2O4S/c1-4-7-21-12-10-8-9(17-15(19)16-2)5-6-11(10)22-13(12)14(18)20-3/h5-6,8H,4,7H2,1-3H3,(H2,16,17,19). The Labute approximate surface area is 132 Å². The number of carbonyl (C=O) groups excluding carboxylic acids is 2. The van der Waals surface area contributed by atoms with Crippen LogP contribution >= 0.6 is 11.3 Å². The average molecular weight is 322 g/mol. The van der Waals surface area contributed by atoms with Crippen molar-refractivity contribution in [1.29, 1.82) is 0 Å². The number of urea groups is 1. The summed E-state index contributed by atoms with van der Waals surface area (Å²) in [4.78, 5) is 23.7. The molecule has 0 fully saturated rings. The van der Waals surface area contributed by atoms with Gasteiger partial charge in [0.15, 0.2) is 10.6 Å². The summed E-state index contributed by atoms with van der Waals surface area (Å²) in [5.41, 5.74) is 0.627. The first-order valence-electron chi connectivity index (χ1n) is 6.87. The van der Waals surface area contributed by atoms with Crippen LogP contribution in [-0.2, 0) is 4.74 Å². The number of benzene rings is 1. The SMILES string of the molecule is CCCOc1c(C(=O)OC)sc2ccc(NC(=O)NC)cc12. The molecule has 7 heteroatoms. The maximum Gasteiger partial charge on any atom is 0.351 e. The molecule has 2 aromatic rings. The van der Waals surface area contributed by atoms with Gasteiger partial charge in [-0.1, -0.05) is 6.92 Å². The minimum atomic E-state index is -0.423. The van der Waals surface area contributed by atoms with Gasteiger partial charge in [0.25, 0.3) is 0 Å². The van der Waals surface area contributed by atoms with Gasteiger partial charge in [0.05, 0.1) is 13.7 Å². The first-order chi connectivity index (χ1) is 10.6. The number of hydrogen-bond acceptors (Lipinski definition) is 5. The number of nitrogens with one attached hydrogen (secondary N) is 2. The summed E-state index contributed by atoms with van der Waals surface area (Å²) in [6.07, 6.45) is 0.828. The number of fused-ring (bicyclic) bond motifs is 1. The van der Waals surface area contributed by atoms with Crippen molar-refractivity contribution in [2.24, 2.45) is 0 Å². The molecule has 0 unspecified atom stereocenters. The van der Waals surface area contributed by atoms with Gasteiger partial charge < -0.3 is 20.1 Å². The van der Waals surface area contributed by atoms with E-state index in [9.17, 15) is 9.59 Å². The Balaban J connectivity index is 2.48. The maximum atomic E-state index is 11.9. The van der Waals surface area contributed by atoms with Gasteiger partial charge in [-0.3, -0.25) is 0 Å². The number of ether oxygens (including phenoxy) is 2. The van der Waals surface area contributed by atoms with Crippen molar-refractivity contribution in [3.05, 3.63) is 23.1 Å². The van der Waals surface area contributed by atoms with Crippen LogP contribution in [-0.4, -0.2) is 32.8 Å². The van der Waals surface area contributed by atoms with Gasteiger partial charge >= 0.3 is 12.0 Å². The maximum absolute atomic E-state index is 11.9. The van der Waals surface area contributed by atoms with E-state index >= 15 is 0 Å². The van der Waals surface area contributed by atoms with Crippen LogP contribution in [0.5, 0.6) is 5.75 Å². The number of amides is 2. The molecule has 0 aliphatic carbocycles. The molecule has 1 aromatic heterocycles. The number of rotatable bonds is 5. The van der Waals surface area contributed by atoms with Crippen LogP contribution in [0.2, 0.25) is 0 Å². The fourth-order valence-corrected chi connectivity index (χ4v) is 2.97. The molecule has 0 atom stereocenters. The molecule has 6 nitrogen and oxygen atoms in total. The molecule has 2 N–H and O–H groups in total. The highest BCUT2D eigenvalue weighted by molar-refractivity contribution is 7.21. The molecular formula is C15H18N2O4S. The van der Waals surface area contributed by atoms with E-state index in [0.717, 1.165) is 16.5 Å². The van der Waals surface area contributed by atoms with E-state index in [1.807, 2.05) is 13.0 Å². The van der Waals surface area contributed by atoms with Crippen molar-refractivity contribution in [3.63, 3.8) is 0 Å². The van der Waals surface area contributed by atoms with Gasteiger partial charge in [-0.2, -0.15) is 0 Å². The Hall–Kier alpha value is -2.28. The van der Waals surface area contributed by atoms with E-state index in [1.165, 1.54) is 18.4 Å². The number of methoxy groups -OCH3 is 1. The van der Waals surface area contributed by atoms with Crippen molar-refractivity contribution in [2.75, 3.05) is 26.1 Å². The third-order valence-corrected chi connectivity index (χ3v) is 4.08. The fraction of sp³-hybridized carbons (Fsp3) is 0.333. The first kappa shape index (κ1) is 16.1.